The molecule has 2 heterocycles. The highest BCUT2D eigenvalue weighted by molar-refractivity contribution is 7.92. The minimum Gasteiger partial charge on any atom is -0.444 e. The zero-order chi connectivity index (χ0) is 30.7. The van der Waals surface area contributed by atoms with E-state index in [-0.39, 0.29) is 16.5 Å². The van der Waals surface area contributed by atoms with Crippen LogP contribution in [-0.2, 0) is 21.2 Å². The summed E-state index contributed by atoms with van der Waals surface area (Å²) >= 11 is 7.20. The van der Waals surface area contributed by atoms with Crippen LogP contribution in [0, 0.1) is 17.5 Å². The number of thiazole rings is 1. The number of carbonyl (C=O) groups is 1. The molecule has 0 aliphatic heterocycles. The van der Waals surface area contributed by atoms with Gasteiger partial charge in [0.15, 0.2) is 5.82 Å². The maximum atomic E-state index is 15.8. The molecule has 0 unspecified atom stereocenters. The van der Waals surface area contributed by atoms with E-state index in [4.69, 9.17) is 16.3 Å². The number of carbonyl (C=O) groups excluding carboxylic acids is 1. The van der Waals surface area contributed by atoms with Gasteiger partial charge in [0.2, 0.25) is 5.28 Å². The lowest BCUT2D eigenvalue weighted by atomic mass is 10.1. The van der Waals surface area contributed by atoms with Crippen molar-refractivity contribution in [3.05, 3.63) is 76.4 Å². The van der Waals surface area contributed by atoms with Gasteiger partial charge in [0.25, 0.3) is 10.0 Å². The van der Waals surface area contributed by atoms with Gasteiger partial charge >= 0.3 is 6.09 Å². The summed E-state index contributed by atoms with van der Waals surface area (Å²) in [5.74, 6) is -3.17. The lowest BCUT2D eigenvalue weighted by molar-refractivity contribution is 0.0527. The molecular formula is C27H25ClF3N5O4S2. The Hall–Kier alpha value is -3.75. The first-order chi connectivity index (χ1) is 19.7. The molecule has 0 spiro atoms. The Balaban J connectivity index is 1.65. The molecule has 9 nitrogen and oxygen atoms in total. The fraction of sp³-hybridized carbons (Fsp3) is 0.259. The Morgan fingerprint density at radius 1 is 1.10 bits per heavy atom. The van der Waals surface area contributed by atoms with Crippen LogP contribution >= 0.6 is 22.9 Å². The minimum atomic E-state index is -4.69. The van der Waals surface area contributed by atoms with E-state index in [1.54, 1.807) is 26.8 Å². The summed E-state index contributed by atoms with van der Waals surface area (Å²) in [5, 5.41) is 3.19. The van der Waals surface area contributed by atoms with Crippen molar-refractivity contribution >= 4 is 44.7 Å². The molecule has 2 N–H and O–H groups in total. The van der Waals surface area contributed by atoms with E-state index in [1.165, 1.54) is 29.7 Å². The summed E-state index contributed by atoms with van der Waals surface area (Å²) in [4.78, 5) is 24.0. The van der Waals surface area contributed by atoms with E-state index in [1.807, 2.05) is 4.72 Å². The summed E-state index contributed by atoms with van der Waals surface area (Å²) in [7, 11) is -4.69. The van der Waals surface area contributed by atoms with Crippen molar-refractivity contribution in [3.8, 4) is 21.8 Å². The van der Waals surface area contributed by atoms with Crippen LogP contribution < -0.4 is 10.0 Å². The van der Waals surface area contributed by atoms with E-state index in [2.05, 4.69) is 20.3 Å². The SMILES string of the molecule is CC(C)(C)OC(=O)NCCCc1nc(-c2cccc(NS(=O)(=O)c3cc(F)ccc3F)c2F)c(-c2ccnc(Cl)n2)s1. The van der Waals surface area contributed by atoms with E-state index in [9.17, 15) is 22.0 Å². The van der Waals surface area contributed by atoms with Gasteiger partial charge in [0.05, 0.1) is 27.0 Å². The van der Waals surface area contributed by atoms with Gasteiger partial charge in [0.1, 0.15) is 22.1 Å². The smallest absolute Gasteiger partial charge is 0.407 e. The molecule has 0 atom stereocenters. The molecule has 4 rings (SSSR count). The summed E-state index contributed by atoms with van der Waals surface area (Å²) in [6.07, 6.45) is 1.75. The Morgan fingerprint density at radius 3 is 2.57 bits per heavy atom. The van der Waals surface area contributed by atoms with Crippen molar-refractivity contribution in [2.45, 2.75) is 44.1 Å². The number of benzene rings is 2. The van der Waals surface area contributed by atoms with E-state index < -0.39 is 49.8 Å². The number of hydrogen-bond acceptors (Lipinski definition) is 8. The highest BCUT2D eigenvalue weighted by Gasteiger charge is 2.25. The van der Waals surface area contributed by atoms with Gasteiger partial charge in [-0.05, 0) is 75.2 Å². The first-order valence-corrected chi connectivity index (χ1v) is 15.1. The molecule has 4 aromatic rings. The highest BCUT2D eigenvalue weighted by atomic mass is 35.5. The largest absolute Gasteiger partial charge is 0.444 e. The summed E-state index contributed by atoms with van der Waals surface area (Å²) in [6, 6.07) is 7.42. The number of sulfonamides is 1. The molecule has 1 amide bonds. The van der Waals surface area contributed by atoms with Gasteiger partial charge < -0.3 is 10.1 Å². The van der Waals surface area contributed by atoms with Crippen LogP contribution in [-0.4, -0.2) is 41.6 Å². The quantitative estimate of drug-likeness (QED) is 0.156. The number of rotatable bonds is 9. The van der Waals surface area contributed by atoms with E-state index in [0.29, 0.717) is 47.1 Å². The number of nitrogens with zero attached hydrogens (tertiary/aromatic N) is 3. The zero-order valence-corrected chi connectivity index (χ0v) is 24.9. The molecule has 0 aliphatic carbocycles. The molecule has 0 aliphatic rings. The van der Waals surface area contributed by atoms with Gasteiger partial charge in [-0.15, -0.1) is 11.3 Å². The summed E-state index contributed by atoms with van der Waals surface area (Å²) < 4.78 is 76.5. The van der Waals surface area contributed by atoms with Crippen LogP contribution in [0.25, 0.3) is 21.8 Å². The summed E-state index contributed by atoms with van der Waals surface area (Å²) in [6.45, 7) is 5.55. The third-order valence-electron chi connectivity index (χ3n) is 5.45. The van der Waals surface area contributed by atoms with Crippen molar-refractivity contribution in [1.82, 2.24) is 20.3 Å². The number of aromatic nitrogens is 3. The fourth-order valence-corrected chi connectivity index (χ4v) is 6.10. The maximum absolute atomic E-state index is 15.8. The molecule has 0 saturated heterocycles. The second-order valence-corrected chi connectivity index (χ2v) is 12.9. The lowest BCUT2D eigenvalue weighted by Crippen LogP contribution is -2.33. The number of halogens is 4. The van der Waals surface area contributed by atoms with Gasteiger partial charge in [-0.25, -0.2) is 41.3 Å². The molecule has 0 bridgehead atoms. The third kappa shape index (κ3) is 7.75. The Bertz CT molecular complexity index is 1730. The van der Waals surface area contributed by atoms with Gasteiger partial charge in [-0.1, -0.05) is 6.07 Å². The maximum Gasteiger partial charge on any atom is 0.407 e. The molecule has 222 valence electrons. The first-order valence-electron chi connectivity index (χ1n) is 12.5. The van der Waals surface area contributed by atoms with Crippen LogP contribution in [0.4, 0.5) is 23.7 Å². The van der Waals surface area contributed by atoms with Crippen LogP contribution in [0.2, 0.25) is 5.28 Å². The molecular weight excluding hydrogens is 615 g/mol. The van der Waals surface area contributed by atoms with Crippen LogP contribution in [0.1, 0.15) is 32.2 Å². The predicted molar refractivity (Wildman–Crippen MR) is 153 cm³/mol. The zero-order valence-electron chi connectivity index (χ0n) is 22.5. The Labute approximate surface area is 249 Å². The van der Waals surface area contributed by atoms with Gasteiger partial charge in [-0.2, -0.15) is 0 Å². The molecule has 0 radical (unpaired) electrons. The summed E-state index contributed by atoms with van der Waals surface area (Å²) in [5.41, 5.74) is -0.707. The molecule has 2 aromatic heterocycles. The molecule has 0 fully saturated rings. The number of alkyl carbamates (subject to hydrolysis) is 1. The molecule has 15 heteroatoms. The second kappa shape index (κ2) is 12.6. The Kier molecular flexibility index (Phi) is 9.38. The van der Waals surface area contributed by atoms with Crippen molar-refractivity contribution in [2.24, 2.45) is 0 Å². The predicted octanol–water partition coefficient (Wildman–Crippen LogP) is 6.60. The van der Waals surface area contributed by atoms with E-state index in [0.717, 1.165) is 12.1 Å². The number of hydrogen-bond donors (Lipinski definition) is 2. The number of aryl methyl sites for hydroxylation is 1. The van der Waals surface area contributed by atoms with Crippen LogP contribution in [0.15, 0.2) is 53.6 Å². The normalized spacial score (nSPS) is 11.8. The van der Waals surface area contributed by atoms with Crippen LogP contribution in [0.5, 0.6) is 0 Å². The number of ether oxygens (including phenoxy) is 1. The van der Waals surface area contributed by atoms with Gasteiger partial charge in [0, 0.05) is 24.7 Å². The fourth-order valence-electron chi connectivity index (χ4n) is 3.71. The average molecular weight is 640 g/mol. The van der Waals surface area contributed by atoms with E-state index >= 15 is 4.39 Å². The molecule has 0 saturated carbocycles. The lowest BCUT2D eigenvalue weighted by Gasteiger charge is -2.19. The third-order valence-corrected chi connectivity index (χ3v) is 8.15. The van der Waals surface area contributed by atoms with Gasteiger partial charge in [-0.3, -0.25) is 4.72 Å². The minimum absolute atomic E-state index is 0.0472. The van der Waals surface area contributed by atoms with Crippen molar-refractivity contribution in [3.63, 3.8) is 0 Å². The standard InChI is InChI=1S/C27H25ClF3N5O4S2/c1-27(2,3)40-26(37)33-12-5-8-21-35-23(24(41-21)19-11-13-32-25(28)34-19)16-6-4-7-18(22(16)31)36-42(38,39)20-14-15(29)9-10-17(20)30/h4,6-7,9-11,13-14,36H,5,8,12H2,1-3H3,(H,33,37). The van der Waals surface area contributed by atoms with Crippen molar-refractivity contribution in [2.75, 3.05) is 11.3 Å². The molecule has 2 aromatic carbocycles. The second-order valence-electron chi connectivity index (χ2n) is 9.88. The van der Waals surface area contributed by atoms with Crippen LogP contribution in [0.3, 0.4) is 0 Å². The Morgan fingerprint density at radius 2 is 1.86 bits per heavy atom. The monoisotopic (exact) mass is 639 g/mol. The average Bonchev–Trinajstić information content (AvgIpc) is 3.32. The number of anilines is 1. The van der Waals surface area contributed by atoms with Crippen molar-refractivity contribution in [1.29, 1.82) is 0 Å². The molecule has 42 heavy (non-hydrogen) atoms. The number of amides is 1. The highest BCUT2D eigenvalue weighted by Crippen LogP contribution is 2.39. The number of nitrogens with one attached hydrogen (secondary N) is 2. The van der Waals surface area contributed by atoms with Crippen molar-refractivity contribution < 1.29 is 31.1 Å². The first kappa shape index (κ1) is 31.2. The topological polar surface area (TPSA) is 123 Å².